The molecular weight excluding hydrogens is 220 g/mol. The van der Waals surface area contributed by atoms with Gasteiger partial charge in [0.25, 0.3) is 0 Å². The molecular formula is C11H20N4O2. The smallest absolute Gasteiger partial charge is 0.204 e. The van der Waals surface area contributed by atoms with Gasteiger partial charge in [-0.15, -0.1) is 0 Å². The molecule has 1 aromatic rings. The van der Waals surface area contributed by atoms with Crippen LogP contribution in [0.5, 0.6) is 5.75 Å². The Balaban J connectivity index is 3.02. The number of hydrogen-bond donors (Lipinski definition) is 3. The molecule has 1 heterocycles. The summed E-state index contributed by atoms with van der Waals surface area (Å²) in [5.41, 5.74) is -0.467. The molecule has 0 aromatic carbocycles. The van der Waals surface area contributed by atoms with Crippen LogP contribution in [0.25, 0.3) is 0 Å². The molecule has 3 N–H and O–H groups in total. The Labute approximate surface area is 101 Å². The van der Waals surface area contributed by atoms with Gasteiger partial charge in [-0.25, -0.2) is 9.97 Å². The van der Waals surface area contributed by atoms with Gasteiger partial charge in [0.05, 0.1) is 19.3 Å². The number of ether oxygens (including phenoxy) is 1. The number of aliphatic hydroxyl groups excluding tert-OH is 1. The van der Waals surface area contributed by atoms with Gasteiger partial charge in [-0.05, 0) is 20.8 Å². The Bertz CT molecular complexity index is 368. The molecule has 6 heteroatoms. The van der Waals surface area contributed by atoms with Crippen LogP contribution in [0.4, 0.5) is 11.6 Å². The highest BCUT2D eigenvalue weighted by molar-refractivity contribution is 5.64. The molecule has 0 saturated heterocycles. The predicted octanol–water partition coefficient (Wildman–Crippen LogP) is 1.10. The van der Waals surface area contributed by atoms with E-state index in [2.05, 4.69) is 20.6 Å². The average Bonchev–Trinajstić information content (AvgIpc) is 2.29. The first-order valence-electron chi connectivity index (χ1n) is 5.56. The third kappa shape index (κ3) is 3.45. The molecule has 1 rings (SSSR count). The van der Waals surface area contributed by atoms with Crippen molar-refractivity contribution in [1.82, 2.24) is 9.97 Å². The van der Waals surface area contributed by atoms with Crippen molar-refractivity contribution in [2.75, 3.05) is 30.9 Å². The van der Waals surface area contributed by atoms with Crippen molar-refractivity contribution in [3.05, 3.63) is 6.33 Å². The van der Waals surface area contributed by atoms with Gasteiger partial charge in [0.1, 0.15) is 6.33 Å². The minimum atomic E-state index is -0.467. The highest BCUT2D eigenvalue weighted by atomic mass is 16.5. The summed E-state index contributed by atoms with van der Waals surface area (Å²) in [5, 5.41) is 15.4. The van der Waals surface area contributed by atoms with Crippen LogP contribution in [-0.2, 0) is 0 Å². The average molecular weight is 240 g/mol. The third-order valence-corrected chi connectivity index (χ3v) is 2.20. The van der Waals surface area contributed by atoms with Crippen LogP contribution in [-0.4, -0.2) is 40.9 Å². The fourth-order valence-electron chi connectivity index (χ4n) is 1.31. The van der Waals surface area contributed by atoms with Gasteiger partial charge < -0.3 is 20.5 Å². The first-order valence-corrected chi connectivity index (χ1v) is 5.56. The molecule has 0 saturated carbocycles. The highest BCUT2D eigenvalue weighted by Crippen LogP contribution is 2.30. The molecule has 0 unspecified atom stereocenters. The van der Waals surface area contributed by atoms with E-state index >= 15 is 0 Å². The number of methoxy groups -OCH3 is 1. The van der Waals surface area contributed by atoms with Crippen LogP contribution in [0, 0.1) is 0 Å². The van der Waals surface area contributed by atoms with E-state index in [9.17, 15) is 5.11 Å². The van der Waals surface area contributed by atoms with Crippen molar-refractivity contribution >= 4 is 11.6 Å². The maximum atomic E-state index is 9.23. The quantitative estimate of drug-likeness (QED) is 0.691. The van der Waals surface area contributed by atoms with E-state index in [1.54, 1.807) is 7.11 Å². The Morgan fingerprint density at radius 2 is 2.00 bits per heavy atom. The minimum Gasteiger partial charge on any atom is -0.490 e. The lowest BCUT2D eigenvalue weighted by Crippen LogP contribution is -2.35. The molecule has 6 nitrogen and oxygen atoms in total. The molecule has 96 valence electrons. The molecule has 0 aliphatic carbocycles. The Kier molecular flexibility index (Phi) is 4.51. The van der Waals surface area contributed by atoms with Crippen molar-refractivity contribution in [1.29, 1.82) is 0 Å². The zero-order valence-corrected chi connectivity index (χ0v) is 10.7. The first kappa shape index (κ1) is 13.5. The largest absolute Gasteiger partial charge is 0.490 e. The van der Waals surface area contributed by atoms with Crippen LogP contribution in [0.15, 0.2) is 6.33 Å². The standard InChI is InChI=1S/C11H20N4O2/c1-5-12-9-8(17-4)10(14-7-13-9)15-11(2,3)6-16/h7,16H,5-6H2,1-4H3,(H2,12,13,14,15). The molecule has 0 fully saturated rings. The zero-order valence-electron chi connectivity index (χ0n) is 10.7. The maximum Gasteiger partial charge on any atom is 0.204 e. The molecule has 0 aliphatic rings. The topological polar surface area (TPSA) is 79.3 Å². The van der Waals surface area contributed by atoms with E-state index < -0.39 is 5.54 Å². The number of aliphatic hydroxyl groups is 1. The summed E-state index contributed by atoms with van der Waals surface area (Å²) in [7, 11) is 1.57. The lowest BCUT2D eigenvalue weighted by molar-refractivity contribution is 0.233. The summed E-state index contributed by atoms with van der Waals surface area (Å²) in [5.74, 6) is 1.76. The fourth-order valence-corrected chi connectivity index (χ4v) is 1.31. The lowest BCUT2D eigenvalue weighted by Gasteiger charge is -2.25. The Morgan fingerprint density at radius 1 is 1.35 bits per heavy atom. The van der Waals surface area contributed by atoms with E-state index in [1.807, 2.05) is 20.8 Å². The second kappa shape index (κ2) is 5.67. The summed E-state index contributed by atoms with van der Waals surface area (Å²) in [4.78, 5) is 8.23. The van der Waals surface area contributed by atoms with Crippen LogP contribution in [0.1, 0.15) is 20.8 Å². The lowest BCUT2D eigenvalue weighted by atomic mass is 10.1. The molecule has 0 aliphatic heterocycles. The molecule has 0 radical (unpaired) electrons. The second-order valence-corrected chi connectivity index (χ2v) is 4.30. The van der Waals surface area contributed by atoms with Crippen molar-refractivity contribution < 1.29 is 9.84 Å². The first-order chi connectivity index (χ1) is 8.04. The van der Waals surface area contributed by atoms with Crippen molar-refractivity contribution in [3.8, 4) is 5.75 Å². The van der Waals surface area contributed by atoms with Gasteiger partial charge in [-0.1, -0.05) is 0 Å². The van der Waals surface area contributed by atoms with E-state index in [0.717, 1.165) is 6.54 Å². The zero-order chi connectivity index (χ0) is 12.9. The van der Waals surface area contributed by atoms with Crippen LogP contribution < -0.4 is 15.4 Å². The molecule has 0 amide bonds. The van der Waals surface area contributed by atoms with E-state index in [0.29, 0.717) is 17.4 Å². The van der Waals surface area contributed by atoms with Crippen molar-refractivity contribution in [2.45, 2.75) is 26.3 Å². The van der Waals surface area contributed by atoms with E-state index in [4.69, 9.17) is 4.74 Å². The van der Waals surface area contributed by atoms with Crippen LogP contribution in [0.2, 0.25) is 0 Å². The third-order valence-electron chi connectivity index (χ3n) is 2.20. The summed E-state index contributed by atoms with van der Waals surface area (Å²) < 4.78 is 5.29. The number of nitrogens with zero attached hydrogens (tertiary/aromatic N) is 2. The van der Waals surface area contributed by atoms with Gasteiger partial charge in [-0.2, -0.15) is 0 Å². The number of anilines is 2. The SMILES string of the molecule is CCNc1ncnc(NC(C)(C)CO)c1OC. The van der Waals surface area contributed by atoms with Gasteiger partial charge in [0, 0.05) is 6.54 Å². The minimum absolute atomic E-state index is 0.00328. The normalized spacial score (nSPS) is 11.1. The highest BCUT2D eigenvalue weighted by Gasteiger charge is 2.20. The van der Waals surface area contributed by atoms with E-state index in [1.165, 1.54) is 6.33 Å². The van der Waals surface area contributed by atoms with Crippen molar-refractivity contribution in [2.24, 2.45) is 0 Å². The fraction of sp³-hybridized carbons (Fsp3) is 0.636. The monoisotopic (exact) mass is 240 g/mol. The molecule has 0 atom stereocenters. The number of rotatable bonds is 6. The maximum absolute atomic E-state index is 9.23. The van der Waals surface area contributed by atoms with E-state index in [-0.39, 0.29) is 6.61 Å². The Hall–Kier alpha value is -1.56. The van der Waals surface area contributed by atoms with Crippen molar-refractivity contribution in [3.63, 3.8) is 0 Å². The summed E-state index contributed by atoms with van der Waals surface area (Å²) in [6.07, 6.45) is 1.45. The second-order valence-electron chi connectivity index (χ2n) is 4.30. The number of aromatic nitrogens is 2. The van der Waals surface area contributed by atoms with Gasteiger partial charge in [0.15, 0.2) is 11.6 Å². The van der Waals surface area contributed by atoms with Gasteiger partial charge in [-0.3, -0.25) is 0 Å². The molecule has 1 aromatic heterocycles. The van der Waals surface area contributed by atoms with Crippen LogP contribution >= 0.6 is 0 Å². The van der Waals surface area contributed by atoms with Gasteiger partial charge in [0.2, 0.25) is 5.75 Å². The summed E-state index contributed by atoms with van der Waals surface area (Å²) in [6, 6.07) is 0. The molecule has 0 spiro atoms. The predicted molar refractivity (Wildman–Crippen MR) is 67.5 cm³/mol. The molecule has 0 bridgehead atoms. The molecule has 17 heavy (non-hydrogen) atoms. The van der Waals surface area contributed by atoms with Gasteiger partial charge >= 0.3 is 0 Å². The number of hydrogen-bond acceptors (Lipinski definition) is 6. The summed E-state index contributed by atoms with van der Waals surface area (Å²) in [6.45, 7) is 6.47. The number of nitrogens with one attached hydrogen (secondary N) is 2. The van der Waals surface area contributed by atoms with Crippen LogP contribution in [0.3, 0.4) is 0 Å². The summed E-state index contributed by atoms with van der Waals surface area (Å²) >= 11 is 0. The Morgan fingerprint density at radius 3 is 2.53 bits per heavy atom.